The van der Waals surface area contributed by atoms with Crippen LogP contribution in [0.1, 0.15) is 26.7 Å². The summed E-state index contributed by atoms with van der Waals surface area (Å²) in [6.07, 6.45) is -4.51. The van der Waals surface area contributed by atoms with Gasteiger partial charge < -0.3 is 20.5 Å². The van der Waals surface area contributed by atoms with Crippen molar-refractivity contribution < 1.29 is 32.6 Å². The van der Waals surface area contributed by atoms with Crippen LogP contribution in [0.15, 0.2) is 18.2 Å². The largest absolute Gasteiger partial charge is 0.482 e. The molecule has 0 heterocycles. The van der Waals surface area contributed by atoms with Crippen molar-refractivity contribution in [2.45, 2.75) is 38.4 Å². The van der Waals surface area contributed by atoms with Gasteiger partial charge in [0.15, 0.2) is 6.61 Å². The third-order valence-electron chi connectivity index (χ3n) is 3.00. The molecule has 0 saturated heterocycles. The minimum Gasteiger partial charge on any atom is -0.482 e. The number of carboxylic acid groups (broad SMARTS) is 1. The van der Waals surface area contributed by atoms with Crippen LogP contribution in [0.3, 0.4) is 0 Å². The van der Waals surface area contributed by atoms with Gasteiger partial charge in [-0.2, -0.15) is 13.2 Å². The van der Waals surface area contributed by atoms with E-state index in [0.717, 1.165) is 6.07 Å². The van der Waals surface area contributed by atoms with Crippen LogP contribution in [0.2, 0.25) is 5.02 Å². The SMILES string of the molecule is CC(C)(CCC(=O)O)NC(=O)Nc1ccc(Cl)cc1OCC(F)(F)F. The van der Waals surface area contributed by atoms with E-state index in [1.807, 2.05) is 0 Å². The standard InChI is InChI=1S/C15H18ClF3N2O4/c1-14(2,6-5-12(22)23)21-13(24)20-10-4-3-9(16)7-11(10)25-8-15(17,18)19/h3-4,7H,5-6,8H2,1-2H3,(H,22,23)(H2,20,21,24). The molecule has 0 aromatic heterocycles. The third-order valence-corrected chi connectivity index (χ3v) is 3.23. The molecule has 0 unspecified atom stereocenters. The number of carbonyl (C=O) groups excluding carboxylic acids is 1. The van der Waals surface area contributed by atoms with Crippen LogP contribution in [0.5, 0.6) is 5.75 Å². The van der Waals surface area contributed by atoms with Crippen molar-refractivity contribution in [2.24, 2.45) is 0 Å². The van der Waals surface area contributed by atoms with Crippen LogP contribution in [-0.4, -0.2) is 35.4 Å². The minimum absolute atomic E-state index is 0.000171. The predicted molar refractivity (Wildman–Crippen MR) is 86.1 cm³/mol. The van der Waals surface area contributed by atoms with Gasteiger partial charge in [0.25, 0.3) is 0 Å². The number of urea groups is 1. The summed E-state index contributed by atoms with van der Waals surface area (Å²) in [4.78, 5) is 22.6. The second-order valence-electron chi connectivity index (χ2n) is 5.90. The third kappa shape index (κ3) is 8.48. The number of carbonyl (C=O) groups is 2. The normalized spacial score (nSPS) is 11.8. The van der Waals surface area contributed by atoms with E-state index in [1.54, 1.807) is 13.8 Å². The Balaban J connectivity index is 2.77. The van der Waals surface area contributed by atoms with E-state index in [2.05, 4.69) is 15.4 Å². The molecule has 0 radical (unpaired) electrons. The number of hydrogen-bond donors (Lipinski definition) is 3. The Morgan fingerprint density at radius 2 is 1.92 bits per heavy atom. The quantitative estimate of drug-likeness (QED) is 0.664. The maximum Gasteiger partial charge on any atom is 0.422 e. The Morgan fingerprint density at radius 1 is 1.28 bits per heavy atom. The molecule has 25 heavy (non-hydrogen) atoms. The molecule has 0 aliphatic heterocycles. The van der Waals surface area contributed by atoms with E-state index < -0.39 is 30.3 Å². The summed E-state index contributed by atoms with van der Waals surface area (Å²) < 4.78 is 41.6. The molecule has 0 atom stereocenters. The lowest BCUT2D eigenvalue weighted by molar-refractivity contribution is -0.153. The number of benzene rings is 1. The van der Waals surface area contributed by atoms with E-state index in [1.165, 1.54) is 12.1 Å². The first-order valence-corrected chi connectivity index (χ1v) is 7.56. The fourth-order valence-electron chi connectivity index (χ4n) is 1.82. The number of hydrogen-bond acceptors (Lipinski definition) is 3. The van der Waals surface area contributed by atoms with Crippen LogP contribution in [0.25, 0.3) is 0 Å². The van der Waals surface area contributed by atoms with Gasteiger partial charge in [-0.25, -0.2) is 4.79 Å². The maximum atomic E-state index is 12.3. The number of alkyl halides is 3. The molecule has 0 fully saturated rings. The highest BCUT2D eigenvalue weighted by atomic mass is 35.5. The highest BCUT2D eigenvalue weighted by Crippen LogP contribution is 2.30. The summed E-state index contributed by atoms with van der Waals surface area (Å²) in [5, 5.41) is 13.7. The van der Waals surface area contributed by atoms with Crippen LogP contribution >= 0.6 is 11.6 Å². The number of amides is 2. The first kappa shape index (κ1) is 20.9. The molecule has 2 amide bonds. The lowest BCUT2D eigenvalue weighted by Crippen LogP contribution is -2.45. The topological polar surface area (TPSA) is 87.7 Å². The zero-order valence-electron chi connectivity index (χ0n) is 13.5. The van der Waals surface area contributed by atoms with Gasteiger partial charge in [0.2, 0.25) is 0 Å². The first-order valence-electron chi connectivity index (χ1n) is 7.18. The van der Waals surface area contributed by atoms with Gasteiger partial charge in [0.1, 0.15) is 5.75 Å². The molecule has 6 nitrogen and oxygen atoms in total. The van der Waals surface area contributed by atoms with Gasteiger partial charge in [0, 0.05) is 23.0 Å². The zero-order chi connectivity index (χ0) is 19.3. The molecule has 0 saturated carbocycles. The number of aliphatic carboxylic acids is 1. The summed E-state index contributed by atoms with van der Waals surface area (Å²) in [6, 6.07) is 3.12. The molecule has 1 aromatic carbocycles. The second kappa shape index (κ2) is 8.28. The zero-order valence-corrected chi connectivity index (χ0v) is 14.3. The van der Waals surface area contributed by atoms with Crippen molar-refractivity contribution >= 4 is 29.3 Å². The van der Waals surface area contributed by atoms with E-state index in [0.29, 0.717) is 0 Å². The van der Waals surface area contributed by atoms with E-state index >= 15 is 0 Å². The minimum atomic E-state index is -4.54. The number of rotatable bonds is 7. The van der Waals surface area contributed by atoms with Gasteiger partial charge in [-0.05, 0) is 32.4 Å². The van der Waals surface area contributed by atoms with Crippen molar-refractivity contribution in [1.29, 1.82) is 0 Å². The van der Waals surface area contributed by atoms with Crippen molar-refractivity contribution in [3.63, 3.8) is 0 Å². The average Bonchev–Trinajstić information content (AvgIpc) is 2.44. The Hall–Kier alpha value is -2.16. The van der Waals surface area contributed by atoms with E-state index in [4.69, 9.17) is 16.7 Å². The number of carboxylic acids is 1. The number of nitrogens with one attached hydrogen (secondary N) is 2. The van der Waals surface area contributed by atoms with Crippen molar-refractivity contribution in [2.75, 3.05) is 11.9 Å². The summed E-state index contributed by atoms with van der Waals surface area (Å²) in [5.74, 6) is -1.24. The number of anilines is 1. The van der Waals surface area contributed by atoms with Gasteiger partial charge in [0.05, 0.1) is 5.69 Å². The summed E-state index contributed by atoms with van der Waals surface area (Å²) in [5.41, 5.74) is -0.831. The van der Waals surface area contributed by atoms with Crippen LogP contribution in [-0.2, 0) is 4.79 Å². The average molecular weight is 383 g/mol. The maximum absolute atomic E-state index is 12.3. The molecule has 10 heteroatoms. The first-order chi connectivity index (χ1) is 11.4. The molecular weight excluding hydrogens is 365 g/mol. The summed E-state index contributed by atoms with van der Waals surface area (Å²) in [7, 11) is 0. The summed E-state index contributed by atoms with van der Waals surface area (Å²) in [6.45, 7) is 1.71. The van der Waals surface area contributed by atoms with E-state index in [-0.39, 0.29) is 29.3 Å². The van der Waals surface area contributed by atoms with Gasteiger partial charge in [-0.3, -0.25) is 4.79 Å². The lowest BCUT2D eigenvalue weighted by Gasteiger charge is -2.26. The van der Waals surface area contributed by atoms with Crippen molar-refractivity contribution in [3.05, 3.63) is 23.2 Å². The molecule has 0 bridgehead atoms. The van der Waals surface area contributed by atoms with Crippen LogP contribution < -0.4 is 15.4 Å². The monoisotopic (exact) mass is 382 g/mol. The fraction of sp³-hybridized carbons (Fsp3) is 0.467. The predicted octanol–water partition coefficient (Wildman–Crippen LogP) is 4.05. The smallest absolute Gasteiger partial charge is 0.422 e. The lowest BCUT2D eigenvalue weighted by atomic mass is 9.99. The number of halogens is 4. The van der Waals surface area contributed by atoms with Gasteiger partial charge in [-0.15, -0.1) is 0 Å². The van der Waals surface area contributed by atoms with Crippen LogP contribution in [0.4, 0.5) is 23.7 Å². The Labute approximate surface area is 147 Å². The molecule has 140 valence electrons. The summed E-state index contributed by atoms with van der Waals surface area (Å²) >= 11 is 5.74. The fourth-order valence-corrected chi connectivity index (χ4v) is 1.98. The Kier molecular flexibility index (Phi) is 6.92. The molecule has 1 rings (SSSR count). The van der Waals surface area contributed by atoms with Gasteiger partial charge in [-0.1, -0.05) is 11.6 Å². The number of ether oxygens (including phenoxy) is 1. The molecule has 3 N–H and O–H groups in total. The highest BCUT2D eigenvalue weighted by molar-refractivity contribution is 6.30. The Bertz CT molecular complexity index is 636. The molecule has 0 aliphatic carbocycles. The van der Waals surface area contributed by atoms with Crippen LogP contribution in [0, 0.1) is 0 Å². The van der Waals surface area contributed by atoms with Crippen molar-refractivity contribution in [3.8, 4) is 5.75 Å². The highest BCUT2D eigenvalue weighted by Gasteiger charge is 2.29. The second-order valence-corrected chi connectivity index (χ2v) is 6.34. The van der Waals surface area contributed by atoms with Crippen molar-refractivity contribution in [1.82, 2.24) is 5.32 Å². The molecular formula is C15H18ClF3N2O4. The van der Waals surface area contributed by atoms with Gasteiger partial charge >= 0.3 is 18.2 Å². The van der Waals surface area contributed by atoms with E-state index in [9.17, 15) is 22.8 Å². The molecule has 0 spiro atoms. The Morgan fingerprint density at radius 3 is 2.48 bits per heavy atom. The molecule has 1 aromatic rings. The molecule has 0 aliphatic rings.